The molecule has 2 aromatic heterocycles. The maximum absolute atomic E-state index is 12.8. The van der Waals surface area contributed by atoms with E-state index in [4.69, 9.17) is 0 Å². The summed E-state index contributed by atoms with van der Waals surface area (Å²) in [6.07, 6.45) is 2.99. The molecule has 1 saturated heterocycles. The van der Waals surface area contributed by atoms with Gasteiger partial charge in [0.1, 0.15) is 38.2 Å². The smallest absolute Gasteiger partial charge is 0.352 e. The fourth-order valence-corrected chi connectivity index (χ4v) is 8.09. The maximum atomic E-state index is 12.8. The molecule has 1 unspecified atom stereocenters. The van der Waals surface area contributed by atoms with Crippen LogP contribution in [0.2, 0.25) is 0 Å². The van der Waals surface area contributed by atoms with E-state index >= 15 is 0 Å². The molecule has 2 aliphatic rings. The Balaban J connectivity index is 1.44. The number of amides is 2. The van der Waals surface area contributed by atoms with Crippen molar-refractivity contribution < 1.29 is 23.7 Å². The first-order chi connectivity index (χ1) is 16.4. The predicted molar refractivity (Wildman–Crippen MR) is 135 cm³/mol. The Morgan fingerprint density at radius 2 is 2.18 bits per heavy atom. The number of aliphatic carboxylic acids is 1. The molecule has 0 saturated carbocycles. The number of hydrogen-bond acceptors (Lipinski definition) is 10. The zero-order valence-corrected chi connectivity index (χ0v) is 22.0. The first-order valence-electron chi connectivity index (χ1n) is 10.3. The van der Waals surface area contributed by atoms with Gasteiger partial charge in [-0.1, -0.05) is 42.5 Å². The van der Waals surface area contributed by atoms with Crippen molar-refractivity contribution in [3.8, 4) is 0 Å². The van der Waals surface area contributed by atoms with E-state index in [0.717, 1.165) is 28.6 Å². The lowest BCUT2D eigenvalue weighted by atomic mass is 10.0. The minimum Gasteiger partial charge on any atom is -0.477 e. The number of β-lactam (4-membered cyclic amide) rings is 1. The third kappa shape index (κ3) is 5.15. The number of rotatable bonds is 10. The second-order valence-electron chi connectivity index (χ2n) is 7.36. The van der Waals surface area contributed by atoms with E-state index in [1.165, 1.54) is 51.1 Å². The molecule has 0 spiro atoms. The molecule has 1 fully saturated rings. The Kier molecular flexibility index (Phi) is 8.24. The van der Waals surface area contributed by atoms with Crippen LogP contribution in [0.4, 0.5) is 0 Å². The van der Waals surface area contributed by atoms with E-state index in [0.29, 0.717) is 22.0 Å². The fourth-order valence-electron chi connectivity index (χ4n) is 3.47. The standard InChI is InChI=1S/C20H20N4O5S5/c1-2-3-6-12-22-23-20(33-12)32-9-10-8-31-18-13(17(26)24(18)14(10)19(27)28)21-16(25)15(34-29)11-5-4-7-30-11/h4-5,7,13,18H,2-3,6,8-9H2,1H3,(H,21,25)(H,27,28)/t13?,18-/m1/s1. The largest absolute Gasteiger partial charge is 0.477 e. The van der Waals surface area contributed by atoms with Gasteiger partial charge >= 0.3 is 5.97 Å². The Labute approximate surface area is 215 Å². The molecule has 0 aliphatic carbocycles. The number of aryl methyl sites for hydroxylation is 1. The van der Waals surface area contributed by atoms with Crippen LogP contribution in [0.5, 0.6) is 0 Å². The zero-order valence-electron chi connectivity index (χ0n) is 17.9. The monoisotopic (exact) mass is 556 g/mol. The third-order valence-corrected chi connectivity index (χ3v) is 10.3. The molecule has 9 nitrogen and oxygen atoms in total. The molecule has 2 amide bonds. The molecule has 0 aromatic carbocycles. The van der Waals surface area contributed by atoms with Crippen LogP contribution in [-0.2, 0) is 32.1 Å². The van der Waals surface area contributed by atoms with Gasteiger partial charge in [-0.15, -0.1) is 33.3 Å². The van der Waals surface area contributed by atoms with Gasteiger partial charge in [0.15, 0.2) is 4.34 Å². The molecule has 4 rings (SSSR count). The quantitative estimate of drug-likeness (QED) is 0.196. The molecular weight excluding hydrogens is 537 g/mol. The van der Waals surface area contributed by atoms with Crippen LogP contribution in [0.25, 0.3) is 0 Å². The highest BCUT2D eigenvalue weighted by molar-refractivity contribution is 8.01. The third-order valence-electron chi connectivity index (χ3n) is 5.13. The Morgan fingerprint density at radius 1 is 1.35 bits per heavy atom. The summed E-state index contributed by atoms with van der Waals surface area (Å²) in [4.78, 5) is 39.3. The summed E-state index contributed by atoms with van der Waals surface area (Å²) < 4.78 is 12.2. The number of nitrogens with one attached hydrogen (secondary N) is 1. The van der Waals surface area contributed by atoms with Gasteiger partial charge in [0.05, 0.1) is 4.88 Å². The van der Waals surface area contributed by atoms with E-state index < -0.39 is 29.2 Å². The van der Waals surface area contributed by atoms with Gasteiger partial charge < -0.3 is 10.4 Å². The first-order valence-corrected chi connectivity index (χ1v) is 14.8. The number of thiophene rings is 1. The maximum Gasteiger partial charge on any atom is 0.352 e. The van der Waals surface area contributed by atoms with Gasteiger partial charge in [-0.05, 0) is 23.4 Å². The Morgan fingerprint density at radius 3 is 2.85 bits per heavy atom. The number of hydrogen-bond donors (Lipinski definition) is 2. The molecule has 0 bridgehead atoms. The molecule has 0 radical (unpaired) electrons. The van der Waals surface area contributed by atoms with E-state index in [2.05, 4.69) is 22.4 Å². The number of fused-ring (bicyclic) bond motifs is 1. The average Bonchev–Trinajstić information content (AvgIpc) is 3.52. The van der Waals surface area contributed by atoms with E-state index in [9.17, 15) is 23.7 Å². The van der Waals surface area contributed by atoms with Crippen molar-refractivity contribution >= 4 is 80.1 Å². The van der Waals surface area contributed by atoms with Crippen molar-refractivity contribution in [2.75, 3.05) is 11.5 Å². The summed E-state index contributed by atoms with van der Waals surface area (Å²) >= 11 is 5.65. The number of thioether (sulfide) groups is 2. The number of carbonyl (C=O) groups excluding carboxylic acids is 2. The average molecular weight is 557 g/mol. The summed E-state index contributed by atoms with van der Waals surface area (Å²) in [6.45, 7) is 2.11. The van der Waals surface area contributed by atoms with Gasteiger partial charge in [0.25, 0.3) is 11.8 Å². The summed E-state index contributed by atoms with van der Waals surface area (Å²) in [5, 5.41) is 23.0. The second kappa shape index (κ2) is 11.2. The van der Waals surface area contributed by atoms with Crippen LogP contribution in [-0.4, -0.2) is 70.0 Å². The number of carboxylic acid groups (broad SMARTS) is 1. The van der Waals surface area contributed by atoms with Crippen molar-refractivity contribution in [3.05, 3.63) is 38.7 Å². The molecular formula is C20H20N4O5S5. The predicted octanol–water partition coefficient (Wildman–Crippen LogP) is 2.21. The Bertz CT molecular complexity index is 1190. The van der Waals surface area contributed by atoms with E-state index in [1.54, 1.807) is 17.5 Å². The number of aromatic nitrogens is 2. The number of nitrogens with zero attached hydrogens (tertiary/aromatic N) is 3. The lowest BCUT2D eigenvalue weighted by molar-refractivity contribution is -0.150. The molecule has 34 heavy (non-hydrogen) atoms. The van der Waals surface area contributed by atoms with Crippen LogP contribution in [0, 0.1) is 0 Å². The highest BCUT2D eigenvalue weighted by Crippen LogP contribution is 2.41. The number of unbranched alkanes of at least 4 members (excludes halogenated alkanes) is 1. The Hall–Kier alpha value is -2.00. The molecule has 180 valence electrons. The fraction of sp³-hybridized carbons (Fsp3) is 0.400. The van der Waals surface area contributed by atoms with Gasteiger partial charge in [0, 0.05) is 17.9 Å². The van der Waals surface area contributed by atoms with Gasteiger partial charge in [-0.2, -0.15) is 0 Å². The summed E-state index contributed by atoms with van der Waals surface area (Å²) in [5.74, 6) is -1.51. The molecule has 2 atom stereocenters. The zero-order chi connectivity index (χ0) is 24.2. The minimum atomic E-state index is -1.18. The van der Waals surface area contributed by atoms with Crippen molar-refractivity contribution in [2.45, 2.75) is 41.9 Å². The van der Waals surface area contributed by atoms with Crippen LogP contribution in [0.15, 0.2) is 33.1 Å². The van der Waals surface area contributed by atoms with Gasteiger partial charge in [-0.25, -0.2) is 9.00 Å². The first kappa shape index (κ1) is 25.1. The van der Waals surface area contributed by atoms with Crippen molar-refractivity contribution in [1.29, 1.82) is 0 Å². The van der Waals surface area contributed by atoms with Crippen molar-refractivity contribution in [3.63, 3.8) is 0 Å². The normalized spacial score (nSPS) is 19.4. The number of carboxylic acids is 1. The SMILES string of the molecule is CCCCc1nnc(SCC2=C(C(=O)O)N3C(=O)C(NC(=O)C(=S=O)c4cccs4)[C@H]3SC2)s1. The number of carbonyl (C=O) groups is 3. The van der Waals surface area contributed by atoms with Crippen LogP contribution in [0.1, 0.15) is 29.7 Å². The van der Waals surface area contributed by atoms with Crippen LogP contribution < -0.4 is 5.32 Å². The molecule has 14 heteroatoms. The van der Waals surface area contributed by atoms with Gasteiger partial charge in [0.2, 0.25) is 0 Å². The lowest BCUT2D eigenvalue weighted by Gasteiger charge is -2.49. The molecule has 2 aromatic rings. The van der Waals surface area contributed by atoms with Crippen LogP contribution in [0.3, 0.4) is 0 Å². The van der Waals surface area contributed by atoms with Gasteiger partial charge in [-0.3, -0.25) is 14.5 Å². The summed E-state index contributed by atoms with van der Waals surface area (Å²) in [5.41, 5.74) is 0.589. The summed E-state index contributed by atoms with van der Waals surface area (Å²) in [6, 6.07) is 2.51. The molecule has 2 N–H and O–H groups in total. The van der Waals surface area contributed by atoms with E-state index in [1.807, 2.05) is 0 Å². The second-order valence-corrected chi connectivity index (χ2v) is 12.3. The topological polar surface area (TPSA) is 130 Å². The van der Waals surface area contributed by atoms with Crippen LogP contribution >= 0.6 is 46.2 Å². The minimum absolute atomic E-state index is 0.0106. The van der Waals surface area contributed by atoms with Crippen molar-refractivity contribution in [2.24, 2.45) is 0 Å². The van der Waals surface area contributed by atoms with E-state index in [-0.39, 0.29) is 21.8 Å². The van der Waals surface area contributed by atoms with Crippen molar-refractivity contribution in [1.82, 2.24) is 20.4 Å². The summed E-state index contributed by atoms with van der Waals surface area (Å²) in [7, 11) is 0. The highest BCUT2D eigenvalue weighted by Gasteiger charge is 2.54. The molecule has 4 heterocycles. The highest BCUT2D eigenvalue weighted by atomic mass is 32.2. The lowest BCUT2D eigenvalue weighted by Crippen LogP contribution is -2.71. The molecule has 2 aliphatic heterocycles.